The van der Waals surface area contributed by atoms with E-state index in [0.717, 1.165) is 11.3 Å². The van der Waals surface area contributed by atoms with E-state index < -0.39 is 18.0 Å². The smallest absolute Gasteiger partial charge is 0.312 e. The Bertz CT molecular complexity index is 428. The first-order valence-electron chi connectivity index (χ1n) is 6.14. The minimum absolute atomic E-state index is 0.262. The van der Waals surface area contributed by atoms with Crippen molar-refractivity contribution in [3.05, 3.63) is 35.9 Å². The van der Waals surface area contributed by atoms with Crippen molar-refractivity contribution in [1.82, 2.24) is 10.8 Å². The Balaban J connectivity index is 2.38. The van der Waals surface area contributed by atoms with E-state index in [-0.39, 0.29) is 6.61 Å². The van der Waals surface area contributed by atoms with Gasteiger partial charge in [0.15, 0.2) is 0 Å². The van der Waals surface area contributed by atoms with Crippen molar-refractivity contribution in [1.29, 1.82) is 0 Å². The third kappa shape index (κ3) is 6.44. The van der Waals surface area contributed by atoms with Crippen LogP contribution >= 0.6 is 11.8 Å². The molecule has 0 aromatic heterocycles. The van der Waals surface area contributed by atoms with Crippen LogP contribution in [-0.2, 0) is 16.2 Å². The lowest BCUT2D eigenvalue weighted by atomic mass is 10.2. The molecule has 6 nitrogen and oxygen atoms in total. The van der Waals surface area contributed by atoms with E-state index in [9.17, 15) is 9.59 Å². The summed E-state index contributed by atoms with van der Waals surface area (Å²) in [6.45, 7) is 0.262. The molecular formula is C13H19N3O3S. The Labute approximate surface area is 122 Å². The molecule has 0 saturated heterocycles. The van der Waals surface area contributed by atoms with Crippen molar-refractivity contribution in [2.75, 3.05) is 12.0 Å². The number of rotatable bonds is 8. The number of primary amides is 1. The van der Waals surface area contributed by atoms with Gasteiger partial charge in [-0.3, -0.25) is 9.63 Å². The van der Waals surface area contributed by atoms with Gasteiger partial charge in [0.1, 0.15) is 6.04 Å². The van der Waals surface area contributed by atoms with Gasteiger partial charge in [0.2, 0.25) is 0 Å². The van der Waals surface area contributed by atoms with Gasteiger partial charge in [-0.05, 0) is 24.0 Å². The number of amides is 3. The second-order valence-electron chi connectivity index (χ2n) is 4.08. The zero-order chi connectivity index (χ0) is 14.8. The molecule has 0 aliphatic rings. The minimum atomic E-state index is -0.727. The SMILES string of the molecule is CSCCC(NC(N)=O)C(=O)NOCc1ccccc1. The van der Waals surface area contributed by atoms with Crippen LogP contribution in [0.2, 0.25) is 0 Å². The van der Waals surface area contributed by atoms with Crippen LogP contribution in [0.15, 0.2) is 30.3 Å². The fraction of sp³-hybridized carbons (Fsp3) is 0.385. The van der Waals surface area contributed by atoms with E-state index in [1.807, 2.05) is 36.6 Å². The number of hydrogen-bond donors (Lipinski definition) is 3. The summed E-state index contributed by atoms with van der Waals surface area (Å²) >= 11 is 1.58. The van der Waals surface area contributed by atoms with Crippen LogP contribution in [0.4, 0.5) is 4.79 Å². The maximum atomic E-state index is 11.9. The molecule has 0 saturated carbocycles. The van der Waals surface area contributed by atoms with Crippen LogP contribution in [0, 0.1) is 0 Å². The largest absolute Gasteiger partial charge is 0.352 e. The number of benzene rings is 1. The number of carbonyl (C=O) groups is 2. The summed E-state index contributed by atoms with van der Waals surface area (Å²) in [4.78, 5) is 27.8. The summed E-state index contributed by atoms with van der Waals surface area (Å²) in [5.74, 6) is 0.325. The van der Waals surface area contributed by atoms with Crippen molar-refractivity contribution in [3.63, 3.8) is 0 Å². The van der Waals surface area contributed by atoms with E-state index in [4.69, 9.17) is 10.6 Å². The predicted octanol–water partition coefficient (Wildman–Crippen LogP) is 1.02. The molecule has 0 bridgehead atoms. The molecule has 1 unspecified atom stereocenters. The van der Waals surface area contributed by atoms with Gasteiger partial charge in [0.25, 0.3) is 5.91 Å². The zero-order valence-electron chi connectivity index (χ0n) is 11.3. The predicted molar refractivity (Wildman–Crippen MR) is 78.9 cm³/mol. The van der Waals surface area contributed by atoms with Gasteiger partial charge in [-0.15, -0.1) is 0 Å². The van der Waals surface area contributed by atoms with Crippen molar-refractivity contribution in [3.8, 4) is 0 Å². The molecule has 1 atom stereocenters. The van der Waals surface area contributed by atoms with Crippen molar-refractivity contribution in [2.24, 2.45) is 5.73 Å². The Kier molecular flexibility index (Phi) is 7.52. The molecule has 0 fully saturated rings. The highest BCUT2D eigenvalue weighted by atomic mass is 32.2. The lowest BCUT2D eigenvalue weighted by Gasteiger charge is -2.16. The first kappa shape index (κ1) is 16.3. The summed E-state index contributed by atoms with van der Waals surface area (Å²) in [7, 11) is 0. The fourth-order valence-electron chi connectivity index (χ4n) is 1.51. The third-order valence-corrected chi connectivity index (χ3v) is 3.14. The summed E-state index contributed by atoms with van der Waals surface area (Å²) in [5, 5.41) is 2.40. The Morgan fingerprint density at radius 3 is 2.65 bits per heavy atom. The summed E-state index contributed by atoms with van der Waals surface area (Å²) in [6, 6.07) is 8.03. The van der Waals surface area contributed by atoms with Crippen LogP contribution in [-0.4, -0.2) is 30.0 Å². The van der Waals surface area contributed by atoms with Crippen LogP contribution in [0.3, 0.4) is 0 Å². The van der Waals surface area contributed by atoms with Gasteiger partial charge in [-0.1, -0.05) is 30.3 Å². The van der Waals surface area contributed by atoms with Crippen LogP contribution in [0.5, 0.6) is 0 Å². The number of urea groups is 1. The highest BCUT2D eigenvalue weighted by Crippen LogP contribution is 2.02. The molecular weight excluding hydrogens is 278 g/mol. The molecule has 1 rings (SSSR count). The van der Waals surface area contributed by atoms with Crippen LogP contribution in [0.1, 0.15) is 12.0 Å². The molecule has 1 aromatic carbocycles. The molecule has 3 amide bonds. The normalized spacial score (nSPS) is 11.7. The standard InChI is InChI=1S/C13H19N3O3S/c1-20-8-7-11(15-13(14)18)12(17)16-19-9-10-5-3-2-4-6-10/h2-6,11H,7-9H2,1H3,(H,16,17)(H3,14,15,18). The topological polar surface area (TPSA) is 93.5 Å². The van der Waals surface area contributed by atoms with E-state index in [0.29, 0.717) is 6.42 Å². The summed E-state index contributed by atoms with van der Waals surface area (Å²) in [6.07, 6.45) is 2.41. The molecule has 0 aliphatic carbocycles. The number of nitrogens with two attached hydrogens (primary N) is 1. The number of hydrogen-bond acceptors (Lipinski definition) is 4. The molecule has 1 aromatic rings. The number of nitrogens with one attached hydrogen (secondary N) is 2. The van der Waals surface area contributed by atoms with Gasteiger partial charge < -0.3 is 11.1 Å². The lowest BCUT2D eigenvalue weighted by molar-refractivity contribution is -0.136. The Morgan fingerprint density at radius 2 is 2.05 bits per heavy atom. The van der Waals surface area contributed by atoms with Crippen LogP contribution in [0.25, 0.3) is 0 Å². The average Bonchev–Trinajstić information content (AvgIpc) is 2.44. The van der Waals surface area contributed by atoms with Gasteiger partial charge >= 0.3 is 6.03 Å². The second kappa shape index (κ2) is 9.22. The minimum Gasteiger partial charge on any atom is -0.352 e. The molecule has 110 valence electrons. The first-order chi connectivity index (χ1) is 9.63. The van der Waals surface area contributed by atoms with E-state index >= 15 is 0 Å². The van der Waals surface area contributed by atoms with Gasteiger partial charge in [0.05, 0.1) is 6.61 Å². The van der Waals surface area contributed by atoms with Crippen molar-refractivity contribution in [2.45, 2.75) is 19.1 Å². The summed E-state index contributed by atoms with van der Waals surface area (Å²) in [5.41, 5.74) is 8.31. The molecule has 20 heavy (non-hydrogen) atoms. The number of carbonyl (C=O) groups excluding carboxylic acids is 2. The quantitative estimate of drug-likeness (QED) is 0.625. The molecule has 0 aliphatic heterocycles. The fourth-order valence-corrected chi connectivity index (χ4v) is 1.98. The van der Waals surface area contributed by atoms with E-state index in [1.54, 1.807) is 11.8 Å². The monoisotopic (exact) mass is 297 g/mol. The molecule has 0 heterocycles. The van der Waals surface area contributed by atoms with Gasteiger partial charge in [0, 0.05) is 0 Å². The molecule has 7 heteroatoms. The second-order valence-corrected chi connectivity index (χ2v) is 5.07. The van der Waals surface area contributed by atoms with E-state index in [1.165, 1.54) is 0 Å². The lowest BCUT2D eigenvalue weighted by Crippen LogP contribution is -2.48. The molecule has 0 radical (unpaired) electrons. The summed E-state index contributed by atoms with van der Waals surface area (Å²) < 4.78 is 0. The average molecular weight is 297 g/mol. The first-order valence-corrected chi connectivity index (χ1v) is 7.53. The van der Waals surface area contributed by atoms with Gasteiger partial charge in [-0.2, -0.15) is 11.8 Å². The number of thioether (sulfide) groups is 1. The number of hydroxylamine groups is 1. The van der Waals surface area contributed by atoms with E-state index in [2.05, 4.69) is 10.8 Å². The maximum Gasteiger partial charge on any atom is 0.312 e. The highest BCUT2D eigenvalue weighted by Gasteiger charge is 2.19. The van der Waals surface area contributed by atoms with Crippen LogP contribution < -0.4 is 16.5 Å². The van der Waals surface area contributed by atoms with Crippen molar-refractivity contribution >= 4 is 23.7 Å². The van der Waals surface area contributed by atoms with Crippen molar-refractivity contribution < 1.29 is 14.4 Å². The highest BCUT2D eigenvalue weighted by molar-refractivity contribution is 7.98. The molecule has 0 spiro atoms. The molecule has 4 N–H and O–H groups in total. The zero-order valence-corrected chi connectivity index (χ0v) is 12.1. The Morgan fingerprint density at radius 1 is 1.35 bits per heavy atom. The Hall–Kier alpha value is -1.73. The third-order valence-electron chi connectivity index (χ3n) is 2.50. The maximum absolute atomic E-state index is 11.9. The van der Waals surface area contributed by atoms with Gasteiger partial charge in [-0.25, -0.2) is 10.3 Å².